The minimum Gasteiger partial charge on any atom is -0.507 e. The fraction of sp³-hybridized carbons (Fsp3) is 0.481. The summed E-state index contributed by atoms with van der Waals surface area (Å²) in [4.78, 5) is 26.6. The molecule has 4 rings (SSSR count). The Morgan fingerprint density at radius 1 is 0.806 bits per heavy atom. The van der Waals surface area contributed by atoms with Crippen molar-refractivity contribution in [1.82, 2.24) is 0 Å². The minimum absolute atomic E-state index is 0.0482. The summed E-state index contributed by atoms with van der Waals surface area (Å²) >= 11 is 0. The summed E-state index contributed by atoms with van der Waals surface area (Å²) in [6, 6.07) is 6.86. The summed E-state index contributed by atoms with van der Waals surface area (Å²) < 4.78 is 0. The number of phenolic OH excluding ortho intramolecular Hbond substituents is 2. The van der Waals surface area contributed by atoms with Crippen molar-refractivity contribution in [2.45, 2.75) is 77.6 Å². The van der Waals surface area contributed by atoms with E-state index in [1.54, 1.807) is 18.2 Å². The second-order valence-electron chi connectivity index (χ2n) is 9.16. The summed E-state index contributed by atoms with van der Waals surface area (Å²) in [5.74, 6) is 0.0666. The van der Waals surface area contributed by atoms with E-state index in [-0.39, 0.29) is 51.2 Å². The zero-order valence-electron chi connectivity index (χ0n) is 18.5. The van der Waals surface area contributed by atoms with Crippen molar-refractivity contribution in [3.05, 3.63) is 57.6 Å². The first-order valence-corrected chi connectivity index (χ1v) is 11.8. The molecule has 2 aliphatic carbocycles. The second-order valence-corrected chi connectivity index (χ2v) is 9.16. The monoisotopic (exact) mass is 420 g/mol. The van der Waals surface area contributed by atoms with Crippen molar-refractivity contribution in [3.8, 4) is 11.5 Å². The van der Waals surface area contributed by atoms with Crippen molar-refractivity contribution in [2.75, 3.05) is 0 Å². The lowest BCUT2D eigenvalue weighted by molar-refractivity contribution is 0.0973. The van der Waals surface area contributed by atoms with Crippen LogP contribution >= 0.6 is 0 Å². The number of unbranched alkanes of at least 4 members (excludes halogenated alkanes) is 2. The molecule has 2 aromatic rings. The second kappa shape index (κ2) is 8.86. The van der Waals surface area contributed by atoms with Crippen LogP contribution in [0.5, 0.6) is 11.5 Å². The topological polar surface area (TPSA) is 74.6 Å². The molecule has 0 amide bonds. The van der Waals surface area contributed by atoms with Gasteiger partial charge in [0.15, 0.2) is 11.6 Å². The lowest BCUT2D eigenvalue weighted by atomic mass is 9.75. The highest BCUT2D eigenvalue weighted by molar-refractivity contribution is 6.30. The Hall–Kier alpha value is -2.62. The van der Waals surface area contributed by atoms with Gasteiger partial charge in [-0.3, -0.25) is 9.59 Å². The van der Waals surface area contributed by atoms with Gasteiger partial charge in [-0.2, -0.15) is 0 Å². The number of hydrogen-bond acceptors (Lipinski definition) is 4. The highest BCUT2D eigenvalue weighted by Gasteiger charge is 2.36. The summed E-state index contributed by atoms with van der Waals surface area (Å²) in [5, 5.41) is 21.8. The molecule has 4 heteroatoms. The number of aromatic hydroxyl groups is 2. The molecule has 0 radical (unpaired) electrons. The van der Waals surface area contributed by atoms with Gasteiger partial charge < -0.3 is 10.2 Å². The maximum atomic E-state index is 13.3. The number of phenols is 2. The van der Waals surface area contributed by atoms with Gasteiger partial charge in [0.1, 0.15) is 11.5 Å². The lowest BCUT2D eigenvalue weighted by Gasteiger charge is -2.30. The molecule has 0 spiro atoms. The molecular weight excluding hydrogens is 388 g/mol. The quantitative estimate of drug-likeness (QED) is 0.460. The van der Waals surface area contributed by atoms with E-state index in [2.05, 4.69) is 13.8 Å². The number of aryl methyl sites for hydroxylation is 1. The molecule has 1 saturated carbocycles. The molecule has 0 saturated heterocycles. The first-order valence-electron chi connectivity index (χ1n) is 11.8. The average Bonchev–Trinajstić information content (AvgIpc) is 2.78. The highest BCUT2D eigenvalue weighted by atomic mass is 16.3. The van der Waals surface area contributed by atoms with E-state index in [0.717, 1.165) is 56.4 Å². The molecule has 2 aliphatic rings. The van der Waals surface area contributed by atoms with Crippen LogP contribution in [0.25, 0.3) is 0 Å². The highest BCUT2D eigenvalue weighted by Crippen LogP contribution is 2.45. The predicted octanol–water partition coefficient (Wildman–Crippen LogP) is 6.29. The van der Waals surface area contributed by atoms with E-state index in [1.807, 2.05) is 6.07 Å². The maximum Gasteiger partial charge on any atom is 0.198 e. The van der Waals surface area contributed by atoms with E-state index in [0.29, 0.717) is 12.0 Å². The third-order valence-electron chi connectivity index (χ3n) is 7.33. The third kappa shape index (κ3) is 3.77. The Balaban J connectivity index is 1.69. The molecule has 164 valence electrons. The Morgan fingerprint density at radius 3 is 2.03 bits per heavy atom. The van der Waals surface area contributed by atoms with Gasteiger partial charge in [-0.15, -0.1) is 0 Å². The summed E-state index contributed by atoms with van der Waals surface area (Å²) in [6.45, 7) is 4.33. The molecule has 2 N–H and O–H groups in total. The molecule has 31 heavy (non-hydrogen) atoms. The van der Waals surface area contributed by atoms with Crippen molar-refractivity contribution < 1.29 is 19.8 Å². The predicted molar refractivity (Wildman–Crippen MR) is 121 cm³/mol. The molecule has 0 heterocycles. The normalized spacial score (nSPS) is 20.5. The Kier molecular flexibility index (Phi) is 6.17. The van der Waals surface area contributed by atoms with E-state index < -0.39 is 0 Å². The van der Waals surface area contributed by atoms with Crippen molar-refractivity contribution in [1.29, 1.82) is 0 Å². The van der Waals surface area contributed by atoms with Crippen LogP contribution in [0.4, 0.5) is 0 Å². The van der Waals surface area contributed by atoms with E-state index >= 15 is 0 Å². The van der Waals surface area contributed by atoms with Crippen LogP contribution in [-0.4, -0.2) is 21.8 Å². The summed E-state index contributed by atoms with van der Waals surface area (Å²) in [5.41, 5.74) is 2.05. The van der Waals surface area contributed by atoms with Crippen molar-refractivity contribution in [2.24, 2.45) is 5.92 Å². The minimum atomic E-state index is -0.379. The Bertz CT molecular complexity index is 1010. The molecule has 2 aromatic carbocycles. The smallest absolute Gasteiger partial charge is 0.198 e. The summed E-state index contributed by atoms with van der Waals surface area (Å²) in [6.07, 6.45) is 9.12. The van der Waals surface area contributed by atoms with E-state index in [4.69, 9.17) is 0 Å². The van der Waals surface area contributed by atoms with Crippen LogP contribution in [0.1, 0.15) is 114 Å². The van der Waals surface area contributed by atoms with Gasteiger partial charge >= 0.3 is 0 Å². The number of hydrogen-bond donors (Lipinski definition) is 2. The van der Waals surface area contributed by atoms with Gasteiger partial charge in [-0.05, 0) is 73.6 Å². The van der Waals surface area contributed by atoms with Gasteiger partial charge in [0.25, 0.3) is 0 Å². The zero-order chi connectivity index (χ0) is 22.1. The average molecular weight is 421 g/mol. The number of carbonyl (C=O) groups is 2. The number of ketones is 2. The van der Waals surface area contributed by atoms with Gasteiger partial charge in [-0.1, -0.05) is 45.2 Å². The number of benzene rings is 2. The van der Waals surface area contributed by atoms with Crippen LogP contribution < -0.4 is 0 Å². The number of rotatable bonds is 6. The molecule has 0 aromatic heterocycles. The SMILES string of the molecule is CCCCCc1ccc2c(c1O)C(=O)c1ccc(C3CCC(CC)CC3)c(O)c1C2=O. The summed E-state index contributed by atoms with van der Waals surface area (Å²) in [7, 11) is 0. The Morgan fingerprint density at radius 2 is 1.42 bits per heavy atom. The molecular formula is C27H32O4. The molecule has 0 unspecified atom stereocenters. The molecule has 4 nitrogen and oxygen atoms in total. The molecule has 0 aliphatic heterocycles. The van der Waals surface area contributed by atoms with Crippen LogP contribution in [0.2, 0.25) is 0 Å². The van der Waals surface area contributed by atoms with Gasteiger partial charge in [-0.25, -0.2) is 0 Å². The molecule has 0 bridgehead atoms. The van der Waals surface area contributed by atoms with Crippen molar-refractivity contribution >= 4 is 11.6 Å². The van der Waals surface area contributed by atoms with Gasteiger partial charge in [0.05, 0.1) is 11.1 Å². The molecule has 0 atom stereocenters. The lowest BCUT2D eigenvalue weighted by Crippen LogP contribution is -2.23. The van der Waals surface area contributed by atoms with E-state index in [1.165, 1.54) is 6.42 Å². The van der Waals surface area contributed by atoms with Crippen LogP contribution in [0.3, 0.4) is 0 Å². The largest absolute Gasteiger partial charge is 0.507 e. The zero-order valence-corrected chi connectivity index (χ0v) is 18.5. The number of carbonyl (C=O) groups excluding carboxylic acids is 2. The maximum absolute atomic E-state index is 13.3. The Labute approximate surface area is 184 Å². The standard InChI is InChI=1S/C27H32O4/c1-3-5-6-7-18-12-13-20-22(24(18)28)26(30)21-15-14-19(25(29)23(21)27(20)31)17-10-8-16(4-2)9-11-17/h12-17,28-29H,3-11H2,1-2H3. The fourth-order valence-electron chi connectivity index (χ4n) is 5.33. The fourth-order valence-corrected chi connectivity index (χ4v) is 5.33. The first-order chi connectivity index (χ1) is 15.0. The van der Waals surface area contributed by atoms with Crippen LogP contribution in [0, 0.1) is 5.92 Å². The van der Waals surface area contributed by atoms with Gasteiger partial charge in [0, 0.05) is 11.1 Å². The van der Waals surface area contributed by atoms with Crippen LogP contribution in [0.15, 0.2) is 24.3 Å². The van der Waals surface area contributed by atoms with Crippen molar-refractivity contribution in [3.63, 3.8) is 0 Å². The molecule has 1 fully saturated rings. The van der Waals surface area contributed by atoms with Crippen LogP contribution in [-0.2, 0) is 6.42 Å². The third-order valence-corrected chi connectivity index (χ3v) is 7.33. The van der Waals surface area contributed by atoms with Gasteiger partial charge in [0.2, 0.25) is 0 Å². The first kappa shape index (κ1) is 21.6. The van der Waals surface area contributed by atoms with E-state index in [9.17, 15) is 19.8 Å². The number of fused-ring (bicyclic) bond motifs is 2.